The number of aromatic nitrogens is 1. The smallest absolute Gasteiger partial charge is 0.239 e. The van der Waals surface area contributed by atoms with E-state index in [0.29, 0.717) is 0 Å². The molecule has 12 heavy (non-hydrogen) atoms. The molecule has 0 saturated heterocycles. The van der Waals surface area contributed by atoms with E-state index < -0.39 is 10.0 Å². The van der Waals surface area contributed by atoms with Gasteiger partial charge in [-0.25, -0.2) is 13.6 Å². The van der Waals surface area contributed by atoms with Gasteiger partial charge in [-0.3, -0.25) is 4.98 Å². The van der Waals surface area contributed by atoms with Gasteiger partial charge in [0.2, 0.25) is 10.0 Å². The highest BCUT2D eigenvalue weighted by atomic mass is 32.2. The Kier molecular flexibility index (Phi) is 2.08. The molecular formula is C6H5N3O2S. The van der Waals surface area contributed by atoms with Crippen molar-refractivity contribution < 1.29 is 8.42 Å². The van der Waals surface area contributed by atoms with E-state index in [-0.39, 0.29) is 10.5 Å². The summed E-state index contributed by atoms with van der Waals surface area (Å²) in [5.41, 5.74) is -0.0417. The van der Waals surface area contributed by atoms with Crippen molar-refractivity contribution in [2.24, 2.45) is 5.14 Å². The molecule has 6 heteroatoms. The lowest BCUT2D eigenvalue weighted by Gasteiger charge is -1.97. The number of primary sulfonamides is 1. The molecule has 0 aliphatic carbocycles. The van der Waals surface area contributed by atoms with E-state index in [9.17, 15) is 8.42 Å². The van der Waals surface area contributed by atoms with Crippen molar-refractivity contribution >= 4 is 10.0 Å². The van der Waals surface area contributed by atoms with Crippen molar-refractivity contribution in [3.05, 3.63) is 24.0 Å². The van der Waals surface area contributed by atoms with Crippen LogP contribution < -0.4 is 5.14 Å². The Labute approximate surface area is 69.5 Å². The monoisotopic (exact) mass is 183 g/mol. The van der Waals surface area contributed by atoms with Crippen LogP contribution in [0, 0.1) is 11.3 Å². The molecule has 2 N–H and O–H groups in total. The maximum absolute atomic E-state index is 10.8. The Bertz CT molecular complexity index is 432. The van der Waals surface area contributed by atoms with Gasteiger partial charge in [0.1, 0.15) is 11.0 Å². The predicted molar refractivity (Wildman–Crippen MR) is 40.3 cm³/mol. The molecule has 62 valence electrons. The quantitative estimate of drug-likeness (QED) is 0.640. The first-order valence-corrected chi connectivity index (χ1v) is 4.47. The molecule has 0 spiro atoms. The topological polar surface area (TPSA) is 96.8 Å². The van der Waals surface area contributed by atoms with E-state index >= 15 is 0 Å². The van der Waals surface area contributed by atoms with Crippen molar-refractivity contribution in [3.8, 4) is 6.07 Å². The molecular weight excluding hydrogens is 178 g/mol. The SMILES string of the molecule is N#Cc1cnccc1S(N)(=O)=O. The highest BCUT2D eigenvalue weighted by Gasteiger charge is 2.12. The van der Waals surface area contributed by atoms with Gasteiger partial charge in [0, 0.05) is 12.4 Å². The summed E-state index contributed by atoms with van der Waals surface area (Å²) in [5.74, 6) is 0. The van der Waals surface area contributed by atoms with Crippen molar-refractivity contribution in [2.45, 2.75) is 4.90 Å². The minimum absolute atomic E-state index is 0.0417. The lowest BCUT2D eigenvalue weighted by atomic mass is 10.3. The van der Waals surface area contributed by atoms with E-state index in [4.69, 9.17) is 10.4 Å². The van der Waals surface area contributed by atoms with Crippen LogP contribution in [-0.4, -0.2) is 13.4 Å². The lowest BCUT2D eigenvalue weighted by Crippen LogP contribution is -2.13. The number of hydrogen-bond donors (Lipinski definition) is 1. The standard InChI is InChI=1S/C6H5N3O2S/c7-3-5-4-9-2-1-6(5)12(8,10)11/h1-2,4H,(H2,8,10,11). The molecule has 0 amide bonds. The zero-order chi connectivity index (χ0) is 9.19. The van der Waals surface area contributed by atoms with Gasteiger partial charge in [-0.2, -0.15) is 5.26 Å². The highest BCUT2D eigenvalue weighted by Crippen LogP contribution is 2.09. The molecule has 0 unspecified atom stereocenters. The molecule has 1 aromatic rings. The molecule has 0 aromatic carbocycles. The molecule has 1 heterocycles. The molecule has 0 saturated carbocycles. The molecule has 0 fully saturated rings. The third-order valence-corrected chi connectivity index (χ3v) is 2.18. The Morgan fingerprint density at radius 1 is 1.58 bits per heavy atom. The van der Waals surface area contributed by atoms with E-state index in [2.05, 4.69) is 4.98 Å². The predicted octanol–water partition coefficient (Wildman–Crippen LogP) is -0.399. The van der Waals surface area contributed by atoms with Gasteiger partial charge in [-0.05, 0) is 6.07 Å². The number of nitriles is 1. The second-order valence-electron chi connectivity index (χ2n) is 2.03. The van der Waals surface area contributed by atoms with Crippen molar-refractivity contribution in [1.82, 2.24) is 4.98 Å². The largest absolute Gasteiger partial charge is 0.263 e. The third-order valence-electron chi connectivity index (χ3n) is 1.21. The second kappa shape index (κ2) is 2.89. The van der Waals surface area contributed by atoms with E-state index in [1.165, 1.54) is 12.3 Å². The fourth-order valence-corrected chi connectivity index (χ4v) is 1.37. The lowest BCUT2D eigenvalue weighted by molar-refractivity contribution is 0.597. The normalized spacial score (nSPS) is 10.7. The van der Waals surface area contributed by atoms with Crippen LogP contribution in [-0.2, 0) is 10.0 Å². The summed E-state index contributed by atoms with van der Waals surface area (Å²) in [4.78, 5) is 3.39. The summed E-state index contributed by atoms with van der Waals surface area (Å²) >= 11 is 0. The minimum Gasteiger partial charge on any atom is -0.263 e. The first-order chi connectivity index (χ1) is 5.55. The number of pyridine rings is 1. The fourth-order valence-electron chi connectivity index (χ4n) is 0.714. The maximum atomic E-state index is 10.8. The number of nitrogens with two attached hydrogens (primary N) is 1. The van der Waals surface area contributed by atoms with Crippen LogP contribution in [0.1, 0.15) is 5.56 Å². The summed E-state index contributed by atoms with van der Waals surface area (Å²) in [6, 6.07) is 2.87. The maximum Gasteiger partial charge on any atom is 0.239 e. The Morgan fingerprint density at radius 2 is 2.25 bits per heavy atom. The average molecular weight is 183 g/mol. The second-order valence-corrected chi connectivity index (χ2v) is 3.56. The van der Waals surface area contributed by atoms with E-state index in [1.807, 2.05) is 0 Å². The van der Waals surface area contributed by atoms with Gasteiger partial charge in [0.05, 0.1) is 5.56 Å². The molecule has 1 aromatic heterocycles. The zero-order valence-corrected chi connectivity index (χ0v) is 6.75. The van der Waals surface area contributed by atoms with Gasteiger partial charge < -0.3 is 0 Å². The van der Waals surface area contributed by atoms with Crippen molar-refractivity contribution in [1.29, 1.82) is 5.26 Å². The van der Waals surface area contributed by atoms with Crippen LogP contribution in [0.4, 0.5) is 0 Å². The molecule has 0 aliphatic rings. The summed E-state index contributed by atoms with van der Waals surface area (Å²) in [6.07, 6.45) is 2.42. The number of hydrogen-bond acceptors (Lipinski definition) is 4. The van der Waals surface area contributed by atoms with Crippen LogP contribution in [0.15, 0.2) is 23.4 Å². The number of sulfonamides is 1. The molecule has 0 atom stereocenters. The van der Waals surface area contributed by atoms with Crippen LogP contribution in [0.2, 0.25) is 0 Å². The number of rotatable bonds is 1. The summed E-state index contributed by atoms with van der Waals surface area (Å²) in [6.45, 7) is 0. The first-order valence-electron chi connectivity index (χ1n) is 2.92. The zero-order valence-electron chi connectivity index (χ0n) is 5.93. The molecule has 1 rings (SSSR count). The Morgan fingerprint density at radius 3 is 2.67 bits per heavy atom. The molecule has 5 nitrogen and oxygen atoms in total. The summed E-state index contributed by atoms with van der Waals surface area (Å²) in [5, 5.41) is 13.3. The van der Waals surface area contributed by atoms with E-state index in [0.717, 1.165) is 6.20 Å². The summed E-state index contributed by atoms with van der Waals surface area (Å²) < 4.78 is 21.6. The van der Waals surface area contributed by atoms with Gasteiger partial charge >= 0.3 is 0 Å². The molecule has 0 radical (unpaired) electrons. The van der Waals surface area contributed by atoms with Crippen molar-refractivity contribution in [2.75, 3.05) is 0 Å². The van der Waals surface area contributed by atoms with Crippen LogP contribution in [0.25, 0.3) is 0 Å². The molecule has 0 aliphatic heterocycles. The summed E-state index contributed by atoms with van der Waals surface area (Å²) in [7, 11) is -3.81. The Balaban J connectivity index is 3.47. The van der Waals surface area contributed by atoms with Gasteiger partial charge in [0.15, 0.2) is 0 Å². The fraction of sp³-hybridized carbons (Fsp3) is 0. The van der Waals surface area contributed by atoms with Gasteiger partial charge in [-0.1, -0.05) is 0 Å². The van der Waals surface area contributed by atoms with Crippen LogP contribution in [0.5, 0.6) is 0 Å². The highest BCUT2D eigenvalue weighted by molar-refractivity contribution is 7.89. The Hall–Kier alpha value is -1.45. The third kappa shape index (κ3) is 1.58. The first kappa shape index (κ1) is 8.64. The average Bonchev–Trinajstić information content (AvgIpc) is 2.03. The van der Waals surface area contributed by atoms with Crippen LogP contribution >= 0.6 is 0 Å². The van der Waals surface area contributed by atoms with Gasteiger partial charge in [0.25, 0.3) is 0 Å². The van der Waals surface area contributed by atoms with Gasteiger partial charge in [-0.15, -0.1) is 0 Å². The number of nitrogens with zero attached hydrogens (tertiary/aromatic N) is 2. The molecule has 0 bridgehead atoms. The van der Waals surface area contributed by atoms with E-state index in [1.54, 1.807) is 6.07 Å². The van der Waals surface area contributed by atoms with Crippen molar-refractivity contribution in [3.63, 3.8) is 0 Å². The minimum atomic E-state index is -3.81. The van der Waals surface area contributed by atoms with Crippen LogP contribution in [0.3, 0.4) is 0 Å².